The zero-order valence-electron chi connectivity index (χ0n) is 18.4. The first-order chi connectivity index (χ1) is 15.6. The molecule has 4 amide bonds. The molecule has 0 spiro atoms. The van der Waals surface area contributed by atoms with E-state index in [-0.39, 0.29) is 25.7 Å². The first-order valence-corrected chi connectivity index (χ1v) is 11.7. The highest BCUT2D eigenvalue weighted by molar-refractivity contribution is 7.98. The van der Waals surface area contributed by atoms with Gasteiger partial charge in [0.1, 0.15) is 18.6 Å². The largest absolute Gasteiger partial charge is 0.480 e. The van der Waals surface area contributed by atoms with Crippen molar-refractivity contribution in [1.82, 2.24) is 16.0 Å². The number of nitrogens with two attached hydrogens (primary N) is 2. The van der Waals surface area contributed by atoms with Gasteiger partial charge in [0.25, 0.3) is 0 Å². The van der Waals surface area contributed by atoms with E-state index in [9.17, 15) is 24.0 Å². The average molecular weight is 482 g/mol. The SMILES string of the molecule is CSCCC(NC(=O)C(N)Cc1ccccc1)C(=O)NC(CCC(N)=O)C(=O)NCC(=O)O. The second-order valence-corrected chi connectivity index (χ2v) is 8.30. The van der Waals surface area contributed by atoms with Gasteiger partial charge in [0.2, 0.25) is 23.6 Å². The highest BCUT2D eigenvalue weighted by atomic mass is 32.2. The molecule has 8 N–H and O–H groups in total. The second kappa shape index (κ2) is 14.9. The van der Waals surface area contributed by atoms with E-state index in [1.165, 1.54) is 11.8 Å². The van der Waals surface area contributed by atoms with E-state index in [0.717, 1.165) is 5.56 Å². The summed E-state index contributed by atoms with van der Waals surface area (Å²) in [5.41, 5.74) is 12.0. The molecule has 0 aliphatic carbocycles. The van der Waals surface area contributed by atoms with Crippen LogP contribution in [0.2, 0.25) is 0 Å². The van der Waals surface area contributed by atoms with Gasteiger partial charge < -0.3 is 32.5 Å². The quantitative estimate of drug-likeness (QED) is 0.179. The molecule has 0 radical (unpaired) electrons. The van der Waals surface area contributed by atoms with Crippen LogP contribution in [0.15, 0.2) is 30.3 Å². The van der Waals surface area contributed by atoms with Crippen LogP contribution in [0.3, 0.4) is 0 Å². The molecule has 0 aromatic heterocycles. The third-order valence-corrected chi connectivity index (χ3v) is 5.25. The van der Waals surface area contributed by atoms with Crippen LogP contribution in [0.4, 0.5) is 0 Å². The number of primary amides is 1. The van der Waals surface area contributed by atoms with Gasteiger partial charge >= 0.3 is 5.97 Å². The van der Waals surface area contributed by atoms with Gasteiger partial charge in [-0.25, -0.2) is 0 Å². The van der Waals surface area contributed by atoms with Gasteiger partial charge in [-0.15, -0.1) is 0 Å². The number of thioether (sulfide) groups is 1. The molecule has 12 heteroatoms. The number of hydrogen-bond acceptors (Lipinski definition) is 7. The third kappa shape index (κ3) is 11.3. The molecule has 0 bridgehead atoms. The summed E-state index contributed by atoms with van der Waals surface area (Å²) in [6.45, 7) is -0.650. The fourth-order valence-corrected chi connectivity index (χ4v) is 3.33. The zero-order valence-corrected chi connectivity index (χ0v) is 19.2. The van der Waals surface area contributed by atoms with Gasteiger partial charge in [-0.05, 0) is 36.8 Å². The Bertz CT molecular complexity index is 823. The Labute approximate surface area is 196 Å². The lowest BCUT2D eigenvalue weighted by Gasteiger charge is -2.24. The number of carboxylic acids is 1. The van der Waals surface area contributed by atoms with Crippen LogP contribution in [-0.2, 0) is 30.4 Å². The Balaban J connectivity index is 2.85. The number of carbonyl (C=O) groups is 5. The molecule has 1 aromatic rings. The number of carboxylic acid groups (broad SMARTS) is 1. The van der Waals surface area contributed by atoms with Crippen LogP contribution < -0.4 is 27.4 Å². The summed E-state index contributed by atoms with van der Waals surface area (Å²) >= 11 is 1.47. The Morgan fingerprint density at radius 3 is 2.15 bits per heavy atom. The molecule has 0 heterocycles. The maximum Gasteiger partial charge on any atom is 0.322 e. The van der Waals surface area contributed by atoms with Crippen molar-refractivity contribution in [2.75, 3.05) is 18.6 Å². The van der Waals surface area contributed by atoms with Crippen LogP contribution in [0.5, 0.6) is 0 Å². The summed E-state index contributed by atoms with van der Waals surface area (Å²) in [7, 11) is 0. The summed E-state index contributed by atoms with van der Waals surface area (Å²) in [6, 6.07) is 6.12. The van der Waals surface area contributed by atoms with Gasteiger partial charge in [0.05, 0.1) is 6.04 Å². The number of nitrogens with one attached hydrogen (secondary N) is 3. The molecule has 3 unspecified atom stereocenters. The molecule has 1 rings (SSSR count). The number of carbonyl (C=O) groups excluding carboxylic acids is 4. The molecule has 0 saturated carbocycles. The van der Waals surface area contributed by atoms with Crippen molar-refractivity contribution in [2.45, 2.75) is 43.8 Å². The smallest absolute Gasteiger partial charge is 0.322 e. The number of amides is 4. The van der Waals surface area contributed by atoms with Crippen molar-refractivity contribution in [1.29, 1.82) is 0 Å². The summed E-state index contributed by atoms with van der Waals surface area (Å²) in [6.07, 6.45) is 2.07. The topological polar surface area (TPSA) is 194 Å². The maximum atomic E-state index is 12.9. The van der Waals surface area contributed by atoms with Gasteiger partial charge in [-0.2, -0.15) is 11.8 Å². The van der Waals surface area contributed by atoms with Gasteiger partial charge in [-0.1, -0.05) is 30.3 Å². The molecule has 33 heavy (non-hydrogen) atoms. The lowest BCUT2D eigenvalue weighted by atomic mass is 10.0. The summed E-state index contributed by atoms with van der Waals surface area (Å²) in [5.74, 6) is -3.35. The van der Waals surface area contributed by atoms with Crippen molar-refractivity contribution in [2.24, 2.45) is 11.5 Å². The van der Waals surface area contributed by atoms with Crippen LogP contribution in [0.1, 0.15) is 24.8 Å². The van der Waals surface area contributed by atoms with Crippen LogP contribution >= 0.6 is 11.8 Å². The highest BCUT2D eigenvalue weighted by Crippen LogP contribution is 2.06. The molecule has 0 aliphatic rings. The standard InChI is InChI=1S/C21H31N5O6S/c1-33-10-9-16(25-19(30)14(22)11-13-5-3-2-4-6-13)21(32)26-15(7-8-17(23)27)20(31)24-12-18(28)29/h2-6,14-16H,7-12,22H2,1H3,(H2,23,27)(H,24,31)(H,25,30)(H,26,32)(H,28,29). The fourth-order valence-electron chi connectivity index (χ4n) is 2.86. The van der Waals surface area contributed by atoms with E-state index in [1.807, 2.05) is 36.6 Å². The van der Waals surface area contributed by atoms with E-state index < -0.39 is 54.3 Å². The van der Waals surface area contributed by atoms with E-state index in [0.29, 0.717) is 5.75 Å². The van der Waals surface area contributed by atoms with Crippen LogP contribution in [0, 0.1) is 0 Å². The van der Waals surface area contributed by atoms with Gasteiger partial charge in [-0.3, -0.25) is 24.0 Å². The lowest BCUT2D eigenvalue weighted by Crippen LogP contribution is -2.56. The lowest BCUT2D eigenvalue weighted by molar-refractivity contribution is -0.138. The molecule has 182 valence electrons. The predicted molar refractivity (Wildman–Crippen MR) is 124 cm³/mol. The second-order valence-electron chi connectivity index (χ2n) is 7.32. The molecular weight excluding hydrogens is 450 g/mol. The molecule has 0 aliphatic heterocycles. The first kappa shape index (κ1) is 27.9. The Hall–Kier alpha value is -3.12. The molecule has 0 saturated heterocycles. The minimum atomic E-state index is -1.26. The highest BCUT2D eigenvalue weighted by Gasteiger charge is 2.28. The van der Waals surface area contributed by atoms with Crippen molar-refractivity contribution >= 4 is 41.4 Å². The number of hydrogen-bond donors (Lipinski definition) is 6. The van der Waals surface area contributed by atoms with Crippen molar-refractivity contribution in [3.8, 4) is 0 Å². The Morgan fingerprint density at radius 2 is 1.58 bits per heavy atom. The van der Waals surface area contributed by atoms with Crippen molar-refractivity contribution in [3.05, 3.63) is 35.9 Å². The summed E-state index contributed by atoms with van der Waals surface area (Å²) in [5, 5.41) is 16.0. The van der Waals surface area contributed by atoms with Crippen molar-refractivity contribution < 1.29 is 29.1 Å². The average Bonchev–Trinajstić information content (AvgIpc) is 2.77. The minimum absolute atomic E-state index is 0.122. The van der Waals surface area contributed by atoms with Crippen LogP contribution in [-0.4, -0.2) is 71.4 Å². The summed E-state index contributed by atoms with van der Waals surface area (Å²) < 4.78 is 0. The Morgan fingerprint density at radius 1 is 0.970 bits per heavy atom. The first-order valence-electron chi connectivity index (χ1n) is 10.3. The normalized spacial score (nSPS) is 13.3. The molecule has 3 atom stereocenters. The van der Waals surface area contributed by atoms with E-state index in [2.05, 4.69) is 16.0 Å². The number of aliphatic carboxylic acids is 1. The monoisotopic (exact) mass is 481 g/mol. The van der Waals surface area contributed by atoms with Crippen molar-refractivity contribution in [3.63, 3.8) is 0 Å². The summed E-state index contributed by atoms with van der Waals surface area (Å²) in [4.78, 5) is 59.7. The van der Waals surface area contributed by atoms with E-state index >= 15 is 0 Å². The minimum Gasteiger partial charge on any atom is -0.480 e. The van der Waals surface area contributed by atoms with E-state index in [1.54, 1.807) is 0 Å². The zero-order chi connectivity index (χ0) is 24.8. The Kier molecular flexibility index (Phi) is 12.6. The molecular formula is C21H31N5O6S. The third-order valence-electron chi connectivity index (χ3n) is 4.61. The predicted octanol–water partition coefficient (Wildman–Crippen LogP) is -1.25. The van der Waals surface area contributed by atoms with E-state index in [4.69, 9.17) is 16.6 Å². The van der Waals surface area contributed by atoms with Gasteiger partial charge in [0.15, 0.2) is 0 Å². The fraction of sp³-hybridized carbons (Fsp3) is 0.476. The molecule has 11 nitrogen and oxygen atoms in total. The molecule has 0 fully saturated rings. The van der Waals surface area contributed by atoms with Gasteiger partial charge in [0, 0.05) is 6.42 Å². The number of benzene rings is 1. The number of rotatable bonds is 15. The molecule has 1 aromatic carbocycles. The maximum absolute atomic E-state index is 12.9. The van der Waals surface area contributed by atoms with Crippen LogP contribution in [0.25, 0.3) is 0 Å².